The molecule has 1 aromatic rings. The normalized spacial score (nSPS) is 19.5. The van der Waals surface area contributed by atoms with E-state index >= 15 is 0 Å². The predicted octanol–water partition coefficient (Wildman–Crippen LogP) is 1.07. The highest BCUT2D eigenvalue weighted by Gasteiger charge is 2.30. The standard InChI is InChI=1S/C20H29FN4O2/c1-15(20(27)22-17-7-8-17)25-11-9-24(10-12-25)14-19(26)23(2)13-16-5-3-4-6-18(16)21/h3-6,15,17H,7-14H2,1-2H3,(H,22,27). The van der Waals surface area contributed by atoms with E-state index in [0.717, 1.165) is 39.0 Å². The Morgan fingerprint density at radius 2 is 1.89 bits per heavy atom. The van der Waals surface area contributed by atoms with Crippen LogP contribution in [0.25, 0.3) is 0 Å². The molecule has 1 aliphatic heterocycles. The number of amides is 2. The number of likely N-dealkylation sites (N-methyl/N-ethyl adjacent to an activating group) is 1. The quantitative estimate of drug-likeness (QED) is 0.774. The SMILES string of the molecule is CC(C(=O)NC1CC1)N1CCN(CC(=O)N(C)Cc2ccccc2F)CC1. The van der Waals surface area contributed by atoms with Crippen molar-refractivity contribution in [2.75, 3.05) is 39.8 Å². The molecular formula is C20H29FN4O2. The van der Waals surface area contributed by atoms with Gasteiger partial charge in [-0.2, -0.15) is 0 Å². The van der Waals surface area contributed by atoms with Gasteiger partial charge in [0.25, 0.3) is 0 Å². The summed E-state index contributed by atoms with van der Waals surface area (Å²) in [7, 11) is 1.70. The lowest BCUT2D eigenvalue weighted by molar-refractivity contribution is -0.133. The molecule has 1 aliphatic carbocycles. The summed E-state index contributed by atoms with van der Waals surface area (Å²) < 4.78 is 13.8. The Hall–Kier alpha value is -1.99. The third-order valence-corrected chi connectivity index (χ3v) is 5.41. The molecule has 1 atom stereocenters. The van der Waals surface area contributed by atoms with Crippen LogP contribution >= 0.6 is 0 Å². The molecule has 1 N–H and O–H groups in total. The molecule has 2 fully saturated rings. The second-order valence-corrected chi connectivity index (χ2v) is 7.61. The Balaban J connectivity index is 1.42. The molecule has 1 aromatic carbocycles. The summed E-state index contributed by atoms with van der Waals surface area (Å²) in [6, 6.07) is 6.78. The van der Waals surface area contributed by atoms with Gasteiger partial charge in [-0.15, -0.1) is 0 Å². The first-order valence-corrected chi connectivity index (χ1v) is 9.68. The number of carbonyl (C=O) groups excluding carboxylic acids is 2. The summed E-state index contributed by atoms with van der Waals surface area (Å²) in [5, 5.41) is 3.05. The van der Waals surface area contributed by atoms with E-state index in [1.54, 1.807) is 30.1 Å². The minimum absolute atomic E-state index is 0.0220. The van der Waals surface area contributed by atoms with Crippen molar-refractivity contribution < 1.29 is 14.0 Å². The highest BCUT2D eigenvalue weighted by molar-refractivity contribution is 5.82. The van der Waals surface area contributed by atoms with Gasteiger partial charge in [-0.1, -0.05) is 18.2 Å². The Morgan fingerprint density at radius 1 is 1.22 bits per heavy atom. The van der Waals surface area contributed by atoms with Gasteiger partial charge in [0.2, 0.25) is 11.8 Å². The number of piperazine rings is 1. The van der Waals surface area contributed by atoms with E-state index in [1.807, 2.05) is 6.92 Å². The van der Waals surface area contributed by atoms with Gasteiger partial charge < -0.3 is 10.2 Å². The molecule has 0 bridgehead atoms. The summed E-state index contributed by atoms with van der Waals surface area (Å²) in [6.07, 6.45) is 2.18. The molecule has 1 unspecified atom stereocenters. The van der Waals surface area contributed by atoms with E-state index in [1.165, 1.54) is 6.07 Å². The van der Waals surface area contributed by atoms with Crippen molar-refractivity contribution in [2.24, 2.45) is 0 Å². The smallest absolute Gasteiger partial charge is 0.237 e. The maximum Gasteiger partial charge on any atom is 0.237 e. The monoisotopic (exact) mass is 376 g/mol. The lowest BCUT2D eigenvalue weighted by atomic mass is 10.2. The third kappa shape index (κ3) is 5.49. The summed E-state index contributed by atoms with van der Waals surface area (Å²) in [5.41, 5.74) is 0.522. The van der Waals surface area contributed by atoms with E-state index in [4.69, 9.17) is 0 Å². The second-order valence-electron chi connectivity index (χ2n) is 7.61. The Morgan fingerprint density at radius 3 is 2.52 bits per heavy atom. The predicted molar refractivity (Wildman–Crippen MR) is 102 cm³/mol. The molecule has 1 saturated carbocycles. The number of nitrogens with one attached hydrogen (secondary N) is 1. The van der Waals surface area contributed by atoms with Crippen LogP contribution in [-0.2, 0) is 16.1 Å². The van der Waals surface area contributed by atoms with Gasteiger partial charge in [0, 0.05) is 51.4 Å². The summed E-state index contributed by atoms with van der Waals surface area (Å²) in [4.78, 5) is 30.5. The minimum atomic E-state index is -0.288. The second kappa shape index (κ2) is 8.80. The zero-order valence-corrected chi connectivity index (χ0v) is 16.2. The van der Waals surface area contributed by atoms with Crippen LogP contribution in [0, 0.1) is 5.82 Å². The molecule has 2 aliphatic rings. The van der Waals surface area contributed by atoms with Crippen molar-refractivity contribution >= 4 is 11.8 Å². The number of halogens is 1. The molecule has 148 valence electrons. The third-order valence-electron chi connectivity index (χ3n) is 5.41. The average Bonchev–Trinajstić information content (AvgIpc) is 3.47. The maximum atomic E-state index is 13.8. The summed E-state index contributed by atoms with van der Waals surface area (Å²) >= 11 is 0. The molecule has 0 radical (unpaired) electrons. The van der Waals surface area contributed by atoms with Gasteiger partial charge in [0.1, 0.15) is 5.82 Å². The van der Waals surface area contributed by atoms with E-state index < -0.39 is 0 Å². The fraction of sp³-hybridized carbons (Fsp3) is 0.600. The lowest BCUT2D eigenvalue weighted by Crippen LogP contribution is -2.55. The van der Waals surface area contributed by atoms with Crippen molar-refractivity contribution in [3.8, 4) is 0 Å². The molecule has 2 amide bonds. The van der Waals surface area contributed by atoms with Crippen molar-refractivity contribution in [1.82, 2.24) is 20.0 Å². The highest BCUT2D eigenvalue weighted by atomic mass is 19.1. The van der Waals surface area contributed by atoms with Crippen molar-refractivity contribution in [1.29, 1.82) is 0 Å². The molecule has 1 heterocycles. The summed E-state index contributed by atoms with van der Waals surface area (Å²) in [6.45, 7) is 5.57. The minimum Gasteiger partial charge on any atom is -0.352 e. The summed E-state index contributed by atoms with van der Waals surface area (Å²) in [5.74, 6) is -0.206. The maximum absolute atomic E-state index is 13.8. The van der Waals surface area contributed by atoms with Crippen LogP contribution in [-0.4, -0.2) is 78.4 Å². The van der Waals surface area contributed by atoms with Crippen LogP contribution in [0.5, 0.6) is 0 Å². The zero-order valence-electron chi connectivity index (χ0n) is 16.2. The molecule has 1 saturated heterocycles. The first-order valence-electron chi connectivity index (χ1n) is 9.68. The van der Waals surface area contributed by atoms with Crippen molar-refractivity contribution in [2.45, 2.75) is 38.4 Å². The van der Waals surface area contributed by atoms with E-state index in [9.17, 15) is 14.0 Å². The molecule has 7 heteroatoms. The number of hydrogen-bond donors (Lipinski definition) is 1. The Kier molecular flexibility index (Phi) is 6.44. The first kappa shape index (κ1) is 19.8. The molecular weight excluding hydrogens is 347 g/mol. The fourth-order valence-electron chi connectivity index (χ4n) is 3.31. The number of rotatable bonds is 7. The first-order chi connectivity index (χ1) is 12.9. The number of nitrogens with zero attached hydrogens (tertiary/aromatic N) is 3. The molecule has 0 aromatic heterocycles. The molecule has 6 nitrogen and oxygen atoms in total. The van der Waals surface area contributed by atoms with Crippen LogP contribution < -0.4 is 5.32 Å². The van der Waals surface area contributed by atoms with Crippen LogP contribution in [0.4, 0.5) is 4.39 Å². The number of hydrogen-bond acceptors (Lipinski definition) is 4. The van der Waals surface area contributed by atoms with Gasteiger partial charge in [0.05, 0.1) is 12.6 Å². The largest absolute Gasteiger partial charge is 0.352 e. The number of carbonyl (C=O) groups is 2. The van der Waals surface area contributed by atoms with E-state index in [-0.39, 0.29) is 30.2 Å². The molecule has 27 heavy (non-hydrogen) atoms. The van der Waals surface area contributed by atoms with Crippen LogP contribution in [0.2, 0.25) is 0 Å². The molecule has 3 rings (SSSR count). The fourth-order valence-corrected chi connectivity index (χ4v) is 3.31. The van der Waals surface area contributed by atoms with Gasteiger partial charge in [-0.25, -0.2) is 4.39 Å². The molecule has 0 spiro atoms. The van der Waals surface area contributed by atoms with E-state index in [0.29, 0.717) is 18.2 Å². The van der Waals surface area contributed by atoms with Crippen molar-refractivity contribution in [3.05, 3.63) is 35.6 Å². The van der Waals surface area contributed by atoms with Crippen LogP contribution in [0.3, 0.4) is 0 Å². The van der Waals surface area contributed by atoms with Crippen molar-refractivity contribution in [3.63, 3.8) is 0 Å². The average molecular weight is 376 g/mol. The van der Waals surface area contributed by atoms with Crippen LogP contribution in [0.15, 0.2) is 24.3 Å². The Bertz CT molecular complexity index is 672. The highest BCUT2D eigenvalue weighted by Crippen LogP contribution is 2.19. The lowest BCUT2D eigenvalue weighted by Gasteiger charge is -2.37. The number of benzene rings is 1. The van der Waals surface area contributed by atoms with Gasteiger partial charge in [-0.05, 0) is 25.8 Å². The van der Waals surface area contributed by atoms with Gasteiger partial charge >= 0.3 is 0 Å². The Labute approximate surface area is 160 Å². The van der Waals surface area contributed by atoms with Crippen LogP contribution in [0.1, 0.15) is 25.3 Å². The van der Waals surface area contributed by atoms with Gasteiger partial charge in [0.15, 0.2) is 0 Å². The van der Waals surface area contributed by atoms with E-state index in [2.05, 4.69) is 15.1 Å². The van der Waals surface area contributed by atoms with Gasteiger partial charge in [-0.3, -0.25) is 19.4 Å². The zero-order chi connectivity index (χ0) is 19.4. The topological polar surface area (TPSA) is 55.9 Å².